The van der Waals surface area contributed by atoms with E-state index in [-0.39, 0.29) is 12.5 Å². The van der Waals surface area contributed by atoms with Gasteiger partial charge in [-0.05, 0) is 24.1 Å². The quantitative estimate of drug-likeness (QED) is 0.705. The van der Waals surface area contributed by atoms with Gasteiger partial charge in [0.25, 0.3) is 0 Å². The van der Waals surface area contributed by atoms with Gasteiger partial charge in [0.15, 0.2) is 0 Å². The molecule has 0 unspecified atom stereocenters. The van der Waals surface area contributed by atoms with Crippen molar-refractivity contribution in [3.8, 4) is 5.75 Å². The highest BCUT2D eigenvalue weighted by Crippen LogP contribution is 2.19. The molecule has 1 N–H and O–H groups in total. The Balaban J connectivity index is 1.90. The lowest BCUT2D eigenvalue weighted by Gasteiger charge is -2.14. The minimum Gasteiger partial charge on any atom is -0.497 e. The third-order valence-electron chi connectivity index (χ3n) is 3.51. The van der Waals surface area contributed by atoms with Gasteiger partial charge in [-0.1, -0.05) is 25.5 Å². The number of likely N-dealkylation sites (N-methyl/N-ethyl adjacent to an activating group) is 1. The third-order valence-corrected chi connectivity index (χ3v) is 4.38. The molecular formula is C17H24N4O2S. The number of hydrogen-bond donors (Lipinski definition) is 1. The topological polar surface area (TPSA) is 67.4 Å². The zero-order valence-corrected chi connectivity index (χ0v) is 15.2. The van der Waals surface area contributed by atoms with E-state index in [0.717, 1.165) is 41.7 Å². The monoisotopic (exact) mass is 348 g/mol. The molecule has 7 heteroatoms. The fraction of sp³-hybridized carbons (Fsp3) is 0.471. The molecule has 1 heterocycles. The Bertz CT molecular complexity index is 660. The number of hydrogen-bond acceptors (Lipinski definition) is 6. The highest BCUT2D eigenvalue weighted by molar-refractivity contribution is 7.09. The maximum Gasteiger partial charge on any atom is 0.239 e. The Labute approximate surface area is 147 Å². The average Bonchev–Trinajstić information content (AvgIpc) is 3.04. The van der Waals surface area contributed by atoms with Crippen LogP contribution >= 0.6 is 11.5 Å². The van der Waals surface area contributed by atoms with Crippen LogP contribution in [-0.4, -0.2) is 42.5 Å². The van der Waals surface area contributed by atoms with E-state index >= 15 is 0 Å². The lowest BCUT2D eigenvalue weighted by Crippen LogP contribution is -2.35. The summed E-state index contributed by atoms with van der Waals surface area (Å²) in [7, 11) is 3.51. The van der Waals surface area contributed by atoms with Gasteiger partial charge in [-0.15, -0.1) is 0 Å². The Morgan fingerprint density at radius 1 is 1.42 bits per heavy atom. The molecule has 0 radical (unpaired) electrons. The summed E-state index contributed by atoms with van der Waals surface area (Å²) in [6.07, 6.45) is 2.71. The highest BCUT2D eigenvalue weighted by atomic mass is 32.1. The number of methoxy groups -OCH3 is 1. The summed E-state index contributed by atoms with van der Waals surface area (Å²) in [4.78, 5) is 18.2. The van der Waals surface area contributed by atoms with Crippen LogP contribution in [0.25, 0.3) is 0 Å². The largest absolute Gasteiger partial charge is 0.497 e. The molecule has 0 aliphatic carbocycles. The lowest BCUT2D eigenvalue weighted by molar-refractivity contribution is -0.119. The second kappa shape index (κ2) is 9.22. The number of ether oxygens (including phenoxy) is 1. The van der Waals surface area contributed by atoms with Crippen molar-refractivity contribution in [3.63, 3.8) is 0 Å². The van der Waals surface area contributed by atoms with Crippen LogP contribution in [0.2, 0.25) is 0 Å². The molecule has 130 valence electrons. The second-order valence-corrected chi connectivity index (χ2v) is 6.31. The van der Waals surface area contributed by atoms with Gasteiger partial charge in [0.1, 0.15) is 11.6 Å². The van der Waals surface area contributed by atoms with Gasteiger partial charge < -0.3 is 15.0 Å². The Morgan fingerprint density at radius 3 is 3.00 bits per heavy atom. The Morgan fingerprint density at radius 2 is 2.25 bits per heavy atom. The molecule has 1 aromatic heterocycles. The van der Waals surface area contributed by atoms with Crippen LogP contribution in [0, 0.1) is 0 Å². The summed E-state index contributed by atoms with van der Waals surface area (Å²) in [5, 5.41) is 3.65. The molecule has 2 rings (SSSR count). The molecule has 24 heavy (non-hydrogen) atoms. The van der Waals surface area contributed by atoms with Gasteiger partial charge in [0, 0.05) is 31.5 Å². The van der Waals surface area contributed by atoms with Crippen molar-refractivity contribution in [2.24, 2.45) is 0 Å². The first-order valence-corrected chi connectivity index (χ1v) is 8.83. The normalized spacial score (nSPS) is 10.5. The zero-order chi connectivity index (χ0) is 17.4. The van der Waals surface area contributed by atoms with Crippen molar-refractivity contribution < 1.29 is 9.53 Å². The summed E-state index contributed by atoms with van der Waals surface area (Å²) >= 11 is 1.31. The van der Waals surface area contributed by atoms with E-state index in [1.807, 2.05) is 36.2 Å². The number of unbranched alkanes of at least 4 members (excludes halogenated alkanes) is 1. The maximum absolute atomic E-state index is 11.9. The average molecular weight is 348 g/mol. The Hall–Kier alpha value is -2.15. The molecule has 0 atom stereocenters. The van der Waals surface area contributed by atoms with Crippen molar-refractivity contribution in [1.29, 1.82) is 0 Å². The SMILES string of the molecule is CCCCNC(=O)CN(C)c1nc(Cc2cccc(OC)c2)ns1. The zero-order valence-electron chi connectivity index (χ0n) is 14.4. The van der Waals surface area contributed by atoms with Crippen molar-refractivity contribution in [1.82, 2.24) is 14.7 Å². The molecular weight excluding hydrogens is 324 g/mol. The van der Waals surface area contributed by atoms with Crippen LogP contribution in [0.5, 0.6) is 5.75 Å². The van der Waals surface area contributed by atoms with E-state index in [1.54, 1.807) is 7.11 Å². The van der Waals surface area contributed by atoms with Crippen LogP contribution in [0.4, 0.5) is 5.13 Å². The van der Waals surface area contributed by atoms with Crippen LogP contribution in [-0.2, 0) is 11.2 Å². The first-order chi connectivity index (χ1) is 11.6. The van der Waals surface area contributed by atoms with E-state index in [9.17, 15) is 4.79 Å². The molecule has 0 bridgehead atoms. The number of carbonyl (C=O) groups excluding carboxylic acids is 1. The minimum atomic E-state index is 0.00972. The number of anilines is 1. The predicted molar refractivity (Wildman–Crippen MR) is 96.9 cm³/mol. The second-order valence-electron chi connectivity index (χ2n) is 5.58. The standard InChI is InChI=1S/C17H24N4O2S/c1-4-5-9-18-16(22)12-21(2)17-19-15(20-24-17)11-13-7-6-8-14(10-13)23-3/h6-8,10H,4-5,9,11-12H2,1-3H3,(H,18,22). The number of nitrogens with zero attached hydrogens (tertiary/aromatic N) is 3. The van der Waals surface area contributed by atoms with Crippen LogP contribution in [0.3, 0.4) is 0 Å². The number of carbonyl (C=O) groups is 1. The summed E-state index contributed by atoms with van der Waals surface area (Å²) in [5.74, 6) is 1.58. The van der Waals surface area contributed by atoms with Crippen LogP contribution < -0.4 is 15.0 Å². The van der Waals surface area contributed by atoms with Gasteiger partial charge in [-0.3, -0.25) is 4.79 Å². The molecule has 0 aliphatic rings. The number of benzene rings is 1. The molecule has 0 saturated carbocycles. The van der Waals surface area contributed by atoms with Crippen molar-refractivity contribution in [3.05, 3.63) is 35.7 Å². The van der Waals surface area contributed by atoms with Gasteiger partial charge in [0.2, 0.25) is 11.0 Å². The molecule has 0 saturated heterocycles. The van der Waals surface area contributed by atoms with Gasteiger partial charge in [0.05, 0.1) is 13.7 Å². The predicted octanol–water partition coefficient (Wildman–Crippen LogP) is 2.49. The van der Waals surface area contributed by atoms with E-state index in [0.29, 0.717) is 6.42 Å². The number of amides is 1. The third kappa shape index (κ3) is 5.49. The molecule has 1 aromatic carbocycles. The van der Waals surface area contributed by atoms with Gasteiger partial charge >= 0.3 is 0 Å². The fourth-order valence-corrected chi connectivity index (χ4v) is 2.82. The van der Waals surface area contributed by atoms with Crippen LogP contribution in [0.1, 0.15) is 31.2 Å². The first kappa shape index (κ1) is 18.2. The summed E-state index contributed by atoms with van der Waals surface area (Å²) < 4.78 is 9.62. The number of nitrogens with one attached hydrogen (secondary N) is 1. The molecule has 0 spiro atoms. The number of rotatable bonds is 9. The summed E-state index contributed by atoms with van der Waals surface area (Å²) in [5.41, 5.74) is 1.10. The van der Waals surface area contributed by atoms with E-state index < -0.39 is 0 Å². The molecule has 6 nitrogen and oxygen atoms in total. The Kier molecular flexibility index (Phi) is 6.99. The van der Waals surface area contributed by atoms with E-state index in [1.165, 1.54) is 11.5 Å². The maximum atomic E-state index is 11.9. The van der Waals surface area contributed by atoms with Crippen molar-refractivity contribution in [2.45, 2.75) is 26.2 Å². The summed E-state index contributed by atoms with van der Waals surface area (Å²) in [6, 6.07) is 7.86. The fourth-order valence-electron chi connectivity index (χ4n) is 2.18. The molecule has 0 aliphatic heterocycles. The lowest BCUT2D eigenvalue weighted by atomic mass is 10.1. The summed E-state index contributed by atoms with van der Waals surface area (Å²) in [6.45, 7) is 3.11. The first-order valence-electron chi connectivity index (χ1n) is 8.05. The van der Waals surface area contributed by atoms with Crippen molar-refractivity contribution >= 4 is 22.6 Å². The van der Waals surface area contributed by atoms with Gasteiger partial charge in [-0.25, -0.2) is 4.98 Å². The molecule has 2 aromatic rings. The number of aromatic nitrogens is 2. The smallest absolute Gasteiger partial charge is 0.239 e. The molecule has 0 fully saturated rings. The van der Waals surface area contributed by atoms with E-state index in [4.69, 9.17) is 4.74 Å². The molecule has 1 amide bonds. The van der Waals surface area contributed by atoms with E-state index in [2.05, 4.69) is 21.6 Å². The minimum absolute atomic E-state index is 0.00972. The van der Waals surface area contributed by atoms with Crippen molar-refractivity contribution in [2.75, 3.05) is 32.1 Å². The highest BCUT2D eigenvalue weighted by Gasteiger charge is 2.12. The van der Waals surface area contributed by atoms with Crippen LogP contribution in [0.15, 0.2) is 24.3 Å². The van der Waals surface area contributed by atoms with Gasteiger partial charge in [-0.2, -0.15) is 4.37 Å².